The molecule has 2 aliphatic rings. The highest BCUT2D eigenvalue weighted by molar-refractivity contribution is 5.45. The van der Waals surface area contributed by atoms with Gasteiger partial charge in [-0.2, -0.15) is 0 Å². The van der Waals surface area contributed by atoms with Gasteiger partial charge >= 0.3 is 0 Å². The Hall–Kier alpha value is -1.56. The van der Waals surface area contributed by atoms with Crippen LogP contribution in [0.5, 0.6) is 0 Å². The van der Waals surface area contributed by atoms with Crippen LogP contribution in [0.1, 0.15) is 58.8 Å². The Morgan fingerprint density at radius 2 is 1.33 bits per heavy atom. The van der Waals surface area contributed by atoms with E-state index in [1.54, 1.807) is 5.57 Å². The zero-order valence-corrected chi connectivity index (χ0v) is 13.6. The zero-order chi connectivity index (χ0) is 14.9. The van der Waals surface area contributed by atoms with Gasteiger partial charge in [-0.25, -0.2) is 0 Å². The Morgan fingerprint density at radius 1 is 0.714 bits per heavy atom. The van der Waals surface area contributed by atoms with Gasteiger partial charge in [-0.3, -0.25) is 0 Å². The molecule has 112 valence electrons. The van der Waals surface area contributed by atoms with Crippen LogP contribution in [0.25, 0.3) is 0 Å². The lowest BCUT2D eigenvalue weighted by Gasteiger charge is -2.11. The molecule has 0 aromatic rings. The smallest absolute Gasteiger partial charge is 0.0265 e. The van der Waals surface area contributed by atoms with Gasteiger partial charge in [0.1, 0.15) is 0 Å². The van der Waals surface area contributed by atoms with Gasteiger partial charge in [0.05, 0.1) is 0 Å². The highest BCUT2D eigenvalue weighted by Crippen LogP contribution is 2.26. The maximum atomic E-state index is 2.28. The van der Waals surface area contributed by atoms with Crippen molar-refractivity contribution in [2.24, 2.45) is 0 Å². The summed E-state index contributed by atoms with van der Waals surface area (Å²) in [6.07, 6.45) is 26.6. The second kappa shape index (κ2) is 8.67. The van der Waals surface area contributed by atoms with Crippen LogP contribution in [0.2, 0.25) is 0 Å². The molecule has 0 saturated heterocycles. The molecule has 2 aliphatic carbocycles. The van der Waals surface area contributed by atoms with Crippen molar-refractivity contribution in [3.63, 3.8) is 0 Å². The molecule has 0 radical (unpaired) electrons. The highest BCUT2D eigenvalue weighted by Gasteiger charge is 2.07. The van der Waals surface area contributed by atoms with Gasteiger partial charge in [0.25, 0.3) is 0 Å². The van der Waals surface area contributed by atoms with E-state index >= 15 is 0 Å². The van der Waals surface area contributed by atoms with Crippen molar-refractivity contribution in [1.82, 2.24) is 0 Å². The van der Waals surface area contributed by atoms with E-state index in [-0.39, 0.29) is 0 Å². The van der Waals surface area contributed by atoms with Crippen molar-refractivity contribution >= 4 is 0 Å². The summed E-state index contributed by atoms with van der Waals surface area (Å²) in [7, 11) is 0. The molecule has 0 heteroatoms. The summed E-state index contributed by atoms with van der Waals surface area (Å²) < 4.78 is 0. The first-order chi connectivity index (χ1) is 10.3. The van der Waals surface area contributed by atoms with Crippen LogP contribution in [0.15, 0.2) is 70.9 Å². The lowest BCUT2D eigenvalue weighted by Crippen LogP contribution is -1.92. The van der Waals surface area contributed by atoms with Gasteiger partial charge in [0.2, 0.25) is 0 Å². The lowest BCUT2D eigenvalue weighted by atomic mass is 9.94. The minimum absolute atomic E-state index is 1.18. The molecule has 0 saturated carbocycles. The Kier molecular flexibility index (Phi) is 6.53. The number of allylic oxidation sites excluding steroid dienone is 12. The lowest BCUT2D eigenvalue weighted by molar-refractivity contribution is 0.652. The summed E-state index contributed by atoms with van der Waals surface area (Å²) in [6.45, 7) is 4.55. The molecule has 0 spiro atoms. The molecule has 0 aliphatic heterocycles. The molecule has 0 nitrogen and oxygen atoms in total. The van der Waals surface area contributed by atoms with Crippen molar-refractivity contribution in [2.75, 3.05) is 0 Å². The summed E-state index contributed by atoms with van der Waals surface area (Å²) in [5, 5.41) is 0. The Balaban J connectivity index is 1.94. The fraction of sp³-hybridized carbons (Fsp3) is 0.429. The van der Waals surface area contributed by atoms with E-state index in [0.29, 0.717) is 0 Å². The van der Waals surface area contributed by atoms with E-state index in [2.05, 4.69) is 62.5 Å². The van der Waals surface area contributed by atoms with Crippen LogP contribution in [0.4, 0.5) is 0 Å². The fourth-order valence-electron chi connectivity index (χ4n) is 2.93. The normalized spacial score (nSPS) is 15.5. The van der Waals surface area contributed by atoms with Crippen LogP contribution in [0.3, 0.4) is 0 Å². The molecule has 0 fully saturated rings. The molecular weight excluding hydrogens is 252 g/mol. The van der Waals surface area contributed by atoms with Crippen LogP contribution < -0.4 is 0 Å². The first-order valence-electron chi connectivity index (χ1n) is 8.42. The SMILES string of the molecule is CCCCCCC(CCC(C)=C1C=CC=C1)=C1C=CC=C1. The molecule has 0 aromatic heterocycles. The topological polar surface area (TPSA) is 0 Å². The summed E-state index contributed by atoms with van der Waals surface area (Å²) in [6, 6.07) is 0. The average molecular weight is 280 g/mol. The number of hydrogen-bond donors (Lipinski definition) is 0. The van der Waals surface area contributed by atoms with E-state index in [9.17, 15) is 0 Å². The summed E-state index contributed by atoms with van der Waals surface area (Å²) in [4.78, 5) is 0. The van der Waals surface area contributed by atoms with Gasteiger partial charge in [0, 0.05) is 0 Å². The van der Waals surface area contributed by atoms with E-state index < -0.39 is 0 Å². The van der Waals surface area contributed by atoms with Crippen molar-refractivity contribution in [2.45, 2.75) is 58.8 Å². The Bertz CT molecular complexity index is 490. The first-order valence-corrected chi connectivity index (χ1v) is 8.42. The summed E-state index contributed by atoms with van der Waals surface area (Å²) >= 11 is 0. The molecule has 0 N–H and O–H groups in total. The number of hydrogen-bond acceptors (Lipinski definition) is 0. The van der Waals surface area contributed by atoms with Crippen molar-refractivity contribution < 1.29 is 0 Å². The third kappa shape index (κ3) is 5.04. The summed E-state index contributed by atoms with van der Waals surface area (Å²) in [5.41, 5.74) is 6.02. The fourth-order valence-corrected chi connectivity index (χ4v) is 2.93. The molecule has 0 unspecified atom stereocenters. The van der Waals surface area contributed by atoms with Gasteiger partial charge < -0.3 is 0 Å². The number of unbranched alkanes of at least 4 members (excludes halogenated alkanes) is 3. The summed E-state index contributed by atoms with van der Waals surface area (Å²) in [5.74, 6) is 0. The van der Waals surface area contributed by atoms with Crippen LogP contribution in [-0.4, -0.2) is 0 Å². The van der Waals surface area contributed by atoms with Gasteiger partial charge in [-0.15, -0.1) is 0 Å². The third-order valence-corrected chi connectivity index (χ3v) is 4.36. The molecule has 0 atom stereocenters. The second-order valence-corrected chi connectivity index (χ2v) is 6.04. The highest BCUT2D eigenvalue weighted by atomic mass is 14.1. The third-order valence-electron chi connectivity index (χ3n) is 4.36. The number of rotatable bonds is 8. The minimum atomic E-state index is 1.18. The van der Waals surface area contributed by atoms with Gasteiger partial charge in [-0.05, 0) is 43.8 Å². The standard InChI is InChI=1S/C21H28/c1-3-4-5-6-13-21(20-14-9-10-15-20)17-16-18(2)19-11-7-8-12-19/h7-12,14-15H,3-6,13,16-17H2,1-2H3. The Morgan fingerprint density at radius 3 is 1.95 bits per heavy atom. The maximum Gasteiger partial charge on any atom is -0.0265 e. The predicted molar refractivity (Wildman–Crippen MR) is 94.3 cm³/mol. The average Bonchev–Trinajstić information content (AvgIpc) is 3.19. The molecule has 21 heavy (non-hydrogen) atoms. The van der Waals surface area contributed by atoms with E-state index in [0.717, 1.165) is 0 Å². The monoisotopic (exact) mass is 280 g/mol. The molecule has 2 rings (SSSR count). The van der Waals surface area contributed by atoms with E-state index in [1.807, 2.05) is 0 Å². The molecular formula is C21H28. The quantitative estimate of drug-likeness (QED) is 0.439. The molecule has 0 heterocycles. The van der Waals surface area contributed by atoms with Crippen LogP contribution in [-0.2, 0) is 0 Å². The van der Waals surface area contributed by atoms with Crippen LogP contribution >= 0.6 is 0 Å². The minimum Gasteiger partial charge on any atom is -0.0658 e. The molecule has 0 aromatic carbocycles. The van der Waals surface area contributed by atoms with Crippen molar-refractivity contribution in [3.05, 3.63) is 70.9 Å². The van der Waals surface area contributed by atoms with Crippen molar-refractivity contribution in [1.29, 1.82) is 0 Å². The van der Waals surface area contributed by atoms with Gasteiger partial charge in [-0.1, -0.05) is 85.9 Å². The van der Waals surface area contributed by atoms with Crippen molar-refractivity contribution in [3.8, 4) is 0 Å². The largest absolute Gasteiger partial charge is 0.0658 e. The zero-order valence-electron chi connectivity index (χ0n) is 13.6. The van der Waals surface area contributed by atoms with Crippen LogP contribution in [0, 0.1) is 0 Å². The Labute approximate surface area is 130 Å². The second-order valence-electron chi connectivity index (χ2n) is 6.04. The predicted octanol–water partition coefficient (Wildman–Crippen LogP) is 6.60. The van der Waals surface area contributed by atoms with E-state index in [1.165, 1.54) is 61.7 Å². The van der Waals surface area contributed by atoms with E-state index in [4.69, 9.17) is 0 Å². The maximum absolute atomic E-state index is 2.28. The first kappa shape index (κ1) is 15.8. The molecule has 0 bridgehead atoms. The van der Waals surface area contributed by atoms with Gasteiger partial charge in [0.15, 0.2) is 0 Å². The molecule has 0 amide bonds.